The first-order valence-electron chi connectivity index (χ1n) is 7.75. The molecule has 0 atom stereocenters. The predicted molar refractivity (Wildman–Crippen MR) is 76.3 cm³/mol. The third-order valence-electron chi connectivity index (χ3n) is 4.50. The van der Waals surface area contributed by atoms with Gasteiger partial charge in [-0.05, 0) is 38.8 Å². The number of hydrogen-bond acceptors (Lipinski definition) is 4. The molecule has 0 N–H and O–H groups in total. The molecule has 114 valence electrons. The van der Waals surface area contributed by atoms with E-state index < -0.39 is 5.95 Å². The minimum atomic E-state index is -0.657. The zero-order valence-electron chi connectivity index (χ0n) is 12.2. The van der Waals surface area contributed by atoms with Crippen LogP contribution in [-0.4, -0.2) is 57.9 Å². The number of likely N-dealkylation sites (tertiary alicyclic amines) is 2. The second-order valence-corrected chi connectivity index (χ2v) is 5.84. The summed E-state index contributed by atoms with van der Waals surface area (Å²) >= 11 is 0. The second kappa shape index (κ2) is 6.47. The van der Waals surface area contributed by atoms with Crippen LogP contribution in [0, 0.1) is 5.95 Å². The number of carbonyl (C=O) groups is 1. The van der Waals surface area contributed by atoms with Crippen molar-refractivity contribution in [2.75, 3.05) is 26.2 Å². The Morgan fingerprint density at radius 3 is 2.38 bits per heavy atom. The van der Waals surface area contributed by atoms with Gasteiger partial charge in [0.1, 0.15) is 5.69 Å². The summed E-state index contributed by atoms with van der Waals surface area (Å²) in [6.07, 6.45) is 8.18. The van der Waals surface area contributed by atoms with E-state index >= 15 is 0 Å². The number of piperidine rings is 2. The molecule has 21 heavy (non-hydrogen) atoms. The number of nitrogens with zero attached hydrogens (tertiary/aromatic N) is 4. The molecular weight excluding hydrogens is 271 g/mol. The van der Waals surface area contributed by atoms with Crippen LogP contribution in [0.1, 0.15) is 42.6 Å². The van der Waals surface area contributed by atoms with Gasteiger partial charge in [0.25, 0.3) is 5.91 Å². The van der Waals surface area contributed by atoms with Gasteiger partial charge in [0.15, 0.2) is 0 Å². The van der Waals surface area contributed by atoms with Crippen LogP contribution < -0.4 is 0 Å². The van der Waals surface area contributed by atoms with Crippen LogP contribution in [-0.2, 0) is 0 Å². The smallest absolute Gasteiger partial charge is 0.274 e. The van der Waals surface area contributed by atoms with Gasteiger partial charge in [0, 0.05) is 19.1 Å². The van der Waals surface area contributed by atoms with E-state index in [9.17, 15) is 9.18 Å². The summed E-state index contributed by atoms with van der Waals surface area (Å²) in [4.78, 5) is 24.0. The number of carbonyl (C=O) groups excluding carboxylic acids is 1. The van der Waals surface area contributed by atoms with Gasteiger partial charge in [-0.3, -0.25) is 4.79 Å². The molecule has 3 rings (SSSR count). The Morgan fingerprint density at radius 1 is 1.05 bits per heavy atom. The quantitative estimate of drug-likeness (QED) is 0.832. The number of aromatic nitrogens is 2. The molecule has 0 radical (unpaired) electrons. The van der Waals surface area contributed by atoms with Gasteiger partial charge in [-0.2, -0.15) is 4.39 Å². The standard InChI is InChI=1S/C15H21FN4O/c16-14-11-17-13(10-18-14)15(21)20-8-4-12(5-9-20)19-6-2-1-3-7-19/h10-12H,1-9H2. The fourth-order valence-corrected chi connectivity index (χ4v) is 3.30. The zero-order valence-corrected chi connectivity index (χ0v) is 12.2. The topological polar surface area (TPSA) is 49.3 Å². The van der Waals surface area contributed by atoms with Gasteiger partial charge >= 0.3 is 0 Å². The average molecular weight is 292 g/mol. The minimum Gasteiger partial charge on any atom is -0.337 e. The highest BCUT2D eigenvalue weighted by Crippen LogP contribution is 2.21. The summed E-state index contributed by atoms with van der Waals surface area (Å²) in [5.74, 6) is -0.796. The zero-order chi connectivity index (χ0) is 14.7. The molecule has 2 aliphatic heterocycles. The van der Waals surface area contributed by atoms with E-state index in [1.165, 1.54) is 38.5 Å². The molecule has 1 aromatic rings. The molecule has 2 saturated heterocycles. The van der Waals surface area contributed by atoms with E-state index in [-0.39, 0.29) is 11.6 Å². The lowest BCUT2D eigenvalue weighted by Crippen LogP contribution is -2.48. The third-order valence-corrected chi connectivity index (χ3v) is 4.50. The highest BCUT2D eigenvalue weighted by Gasteiger charge is 2.28. The Balaban J connectivity index is 1.55. The van der Waals surface area contributed by atoms with Crippen molar-refractivity contribution < 1.29 is 9.18 Å². The molecular formula is C15H21FN4O. The van der Waals surface area contributed by atoms with Crippen molar-refractivity contribution in [3.63, 3.8) is 0 Å². The van der Waals surface area contributed by atoms with Crippen LogP contribution in [0.3, 0.4) is 0 Å². The van der Waals surface area contributed by atoms with E-state index in [2.05, 4.69) is 14.9 Å². The van der Waals surface area contributed by atoms with E-state index in [1.54, 1.807) is 0 Å². The lowest BCUT2D eigenvalue weighted by Gasteiger charge is -2.40. The SMILES string of the molecule is O=C(c1cnc(F)cn1)N1CCC(N2CCCCC2)CC1. The van der Waals surface area contributed by atoms with Crippen molar-refractivity contribution in [1.82, 2.24) is 19.8 Å². The van der Waals surface area contributed by atoms with Gasteiger partial charge in [-0.15, -0.1) is 0 Å². The lowest BCUT2D eigenvalue weighted by atomic mass is 10.00. The van der Waals surface area contributed by atoms with Crippen LogP contribution in [0.2, 0.25) is 0 Å². The molecule has 0 bridgehead atoms. The monoisotopic (exact) mass is 292 g/mol. The molecule has 5 nitrogen and oxygen atoms in total. The first-order chi connectivity index (χ1) is 10.2. The summed E-state index contributed by atoms with van der Waals surface area (Å²) in [7, 11) is 0. The van der Waals surface area contributed by atoms with E-state index in [1.807, 2.05) is 4.90 Å². The van der Waals surface area contributed by atoms with Crippen molar-refractivity contribution in [2.45, 2.75) is 38.1 Å². The first-order valence-corrected chi connectivity index (χ1v) is 7.75. The number of amides is 1. The summed E-state index contributed by atoms with van der Waals surface area (Å²) in [6.45, 7) is 3.89. The third kappa shape index (κ3) is 3.37. The predicted octanol–water partition coefficient (Wildman–Crippen LogP) is 1.71. The van der Waals surface area contributed by atoms with Gasteiger partial charge < -0.3 is 9.80 Å². The normalized spacial score (nSPS) is 21.5. The first kappa shape index (κ1) is 14.4. The molecule has 2 aliphatic rings. The largest absolute Gasteiger partial charge is 0.337 e. The number of rotatable bonds is 2. The molecule has 1 amide bonds. The van der Waals surface area contributed by atoms with Gasteiger partial charge in [0.2, 0.25) is 5.95 Å². The highest BCUT2D eigenvalue weighted by molar-refractivity contribution is 5.92. The molecule has 0 spiro atoms. The molecule has 1 aromatic heterocycles. The molecule has 3 heterocycles. The van der Waals surface area contributed by atoms with Crippen molar-refractivity contribution in [3.05, 3.63) is 24.0 Å². The highest BCUT2D eigenvalue weighted by atomic mass is 19.1. The van der Waals surface area contributed by atoms with Crippen molar-refractivity contribution in [2.24, 2.45) is 0 Å². The molecule has 2 fully saturated rings. The van der Waals surface area contributed by atoms with E-state index in [0.717, 1.165) is 32.1 Å². The van der Waals surface area contributed by atoms with Crippen LogP contribution in [0.4, 0.5) is 4.39 Å². The average Bonchev–Trinajstić information content (AvgIpc) is 2.56. The minimum absolute atomic E-state index is 0.139. The molecule has 0 saturated carbocycles. The Morgan fingerprint density at radius 2 is 1.76 bits per heavy atom. The van der Waals surface area contributed by atoms with Gasteiger partial charge in [-0.1, -0.05) is 6.42 Å². The van der Waals surface area contributed by atoms with E-state index in [0.29, 0.717) is 6.04 Å². The molecule has 0 aliphatic carbocycles. The van der Waals surface area contributed by atoms with Crippen molar-refractivity contribution in [3.8, 4) is 0 Å². The second-order valence-electron chi connectivity index (χ2n) is 5.84. The molecule has 0 aromatic carbocycles. The van der Waals surface area contributed by atoms with Crippen LogP contribution in [0.5, 0.6) is 0 Å². The maximum absolute atomic E-state index is 12.7. The van der Waals surface area contributed by atoms with Crippen molar-refractivity contribution in [1.29, 1.82) is 0 Å². The maximum Gasteiger partial charge on any atom is 0.274 e. The summed E-state index contributed by atoms with van der Waals surface area (Å²) < 4.78 is 12.7. The van der Waals surface area contributed by atoms with Gasteiger partial charge in [-0.25, -0.2) is 9.97 Å². The fourth-order valence-electron chi connectivity index (χ4n) is 3.30. The number of halogens is 1. The van der Waals surface area contributed by atoms with Gasteiger partial charge in [0.05, 0.1) is 12.4 Å². The van der Waals surface area contributed by atoms with Crippen LogP contribution in [0.15, 0.2) is 12.4 Å². The fraction of sp³-hybridized carbons (Fsp3) is 0.667. The Hall–Kier alpha value is -1.56. The molecule has 6 heteroatoms. The lowest BCUT2D eigenvalue weighted by molar-refractivity contribution is 0.0584. The maximum atomic E-state index is 12.7. The number of hydrogen-bond donors (Lipinski definition) is 0. The van der Waals surface area contributed by atoms with Crippen molar-refractivity contribution >= 4 is 5.91 Å². The van der Waals surface area contributed by atoms with Crippen LogP contribution in [0.25, 0.3) is 0 Å². The Labute approximate surface area is 124 Å². The summed E-state index contributed by atoms with van der Waals surface area (Å²) in [5, 5.41) is 0. The Kier molecular flexibility index (Phi) is 4.43. The summed E-state index contributed by atoms with van der Waals surface area (Å²) in [5.41, 5.74) is 0.229. The van der Waals surface area contributed by atoms with E-state index in [4.69, 9.17) is 0 Å². The summed E-state index contributed by atoms with van der Waals surface area (Å²) in [6, 6.07) is 0.605. The molecule has 0 unspecified atom stereocenters. The Bertz CT molecular complexity index is 479. The van der Waals surface area contributed by atoms with Crippen LogP contribution >= 0.6 is 0 Å².